The van der Waals surface area contributed by atoms with Gasteiger partial charge in [-0.25, -0.2) is 0 Å². The third-order valence-corrected chi connectivity index (χ3v) is 3.22. The summed E-state index contributed by atoms with van der Waals surface area (Å²) in [7, 11) is 0. The van der Waals surface area contributed by atoms with Crippen LogP contribution in [0, 0.1) is 11.8 Å². The smallest absolute Gasteiger partial charge is 0.0111 e. The van der Waals surface area contributed by atoms with Gasteiger partial charge in [0.05, 0.1) is 0 Å². The van der Waals surface area contributed by atoms with Crippen LogP contribution in [0.1, 0.15) is 27.7 Å². The first-order valence-corrected chi connectivity index (χ1v) is 5.92. The number of hydrogen-bond acceptors (Lipinski definition) is 0. The molecule has 86 valence electrons. The summed E-state index contributed by atoms with van der Waals surface area (Å²) in [6, 6.07) is 0. The summed E-state index contributed by atoms with van der Waals surface area (Å²) in [5, 5.41) is 0. The van der Waals surface area contributed by atoms with Gasteiger partial charge >= 0.3 is 0 Å². The third-order valence-electron chi connectivity index (χ3n) is 3.22. The monoisotopic (exact) mass is 214 g/mol. The lowest BCUT2D eigenvalue weighted by atomic mass is 9.77. The van der Waals surface area contributed by atoms with Gasteiger partial charge in [-0.3, -0.25) is 0 Å². The van der Waals surface area contributed by atoms with Crippen molar-refractivity contribution in [2.75, 3.05) is 0 Å². The highest BCUT2D eigenvalue weighted by atomic mass is 14.3. The lowest BCUT2D eigenvalue weighted by Crippen LogP contribution is -2.16. The van der Waals surface area contributed by atoms with Crippen molar-refractivity contribution < 1.29 is 0 Å². The molecule has 0 heteroatoms. The number of rotatable bonds is 3. The molecular formula is C16H22. The normalized spacial score (nSPS) is 26.6. The van der Waals surface area contributed by atoms with Crippen LogP contribution in [0.2, 0.25) is 0 Å². The van der Waals surface area contributed by atoms with Crippen molar-refractivity contribution in [3.05, 3.63) is 59.8 Å². The standard InChI is InChI=1S/C16H22/c1-6-9-12(3)15(7-2)16-13(4)10-8-11-14(16)5/h6-11,13,16H,2H2,1,3-5H3/b9-6-,15-12+. The Hall–Kier alpha value is -1.30. The van der Waals surface area contributed by atoms with E-state index in [2.05, 4.69) is 64.7 Å². The van der Waals surface area contributed by atoms with Gasteiger partial charge in [-0.1, -0.05) is 55.5 Å². The molecule has 16 heavy (non-hydrogen) atoms. The molecule has 2 atom stereocenters. The highest BCUT2D eigenvalue weighted by Gasteiger charge is 2.22. The highest BCUT2D eigenvalue weighted by molar-refractivity contribution is 5.40. The Morgan fingerprint density at radius 1 is 1.44 bits per heavy atom. The molecular weight excluding hydrogens is 192 g/mol. The molecule has 0 nitrogen and oxygen atoms in total. The fourth-order valence-electron chi connectivity index (χ4n) is 2.42. The molecule has 0 aromatic heterocycles. The summed E-state index contributed by atoms with van der Waals surface area (Å²) < 4.78 is 0. The maximum absolute atomic E-state index is 3.97. The fourth-order valence-corrected chi connectivity index (χ4v) is 2.42. The average Bonchev–Trinajstić information content (AvgIpc) is 2.24. The first kappa shape index (κ1) is 12.8. The van der Waals surface area contributed by atoms with Crippen LogP contribution in [0.3, 0.4) is 0 Å². The largest absolute Gasteiger partial charge is 0.0988 e. The van der Waals surface area contributed by atoms with Crippen LogP contribution >= 0.6 is 0 Å². The summed E-state index contributed by atoms with van der Waals surface area (Å²) >= 11 is 0. The predicted molar refractivity (Wildman–Crippen MR) is 73.3 cm³/mol. The summed E-state index contributed by atoms with van der Waals surface area (Å²) in [5.41, 5.74) is 4.09. The average molecular weight is 214 g/mol. The van der Waals surface area contributed by atoms with Gasteiger partial charge < -0.3 is 0 Å². The van der Waals surface area contributed by atoms with Crippen molar-refractivity contribution in [3.8, 4) is 0 Å². The van der Waals surface area contributed by atoms with Crippen LogP contribution in [0.5, 0.6) is 0 Å². The minimum Gasteiger partial charge on any atom is -0.0988 e. The number of hydrogen-bond donors (Lipinski definition) is 0. The van der Waals surface area contributed by atoms with E-state index >= 15 is 0 Å². The highest BCUT2D eigenvalue weighted by Crippen LogP contribution is 2.34. The van der Waals surface area contributed by atoms with Crippen LogP contribution < -0.4 is 0 Å². The quantitative estimate of drug-likeness (QED) is 0.590. The molecule has 2 unspecified atom stereocenters. The molecule has 0 radical (unpaired) electrons. The molecule has 0 aliphatic heterocycles. The molecule has 0 amide bonds. The van der Waals surface area contributed by atoms with Gasteiger partial charge in [0.15, 0.2) is 0 Å². The summed E-state index contributed by atoms with van der Waals surface area (Å²) in [6.07, 6.45) is 12.9. The Morgan fingerprint density at radius 3 is 2.62 bits per heavy atom. The molecule has 1 aliphatic rings. The van der Waals surface area contributed by atoms with Crippen LogP contribution in [0.15, 0.2) is 59.8 Å². The Bertz CT molecular complexity index is 375. The second kappa shape index (κ2) is 5.69. The fraction of sp³-hybridized carbons (Fsp3) is 0.375. The van der Waals surface area contributed by atoms with Crippen molar-refractivity contribution in [2.45, 2.75) is 27.7 Å². The van der Waals surface area contributed by atoms with E-state index in [1.165, 1.54) is 16.7 Å². The Balaban J connectivity index is 3.15. The van der Waals surface area contributed by atoms with Gasteiger partial charge in [0.25, 0.3) is 0 Å². The van der Waals surface area contributed by atoms with Gasteiger partial charge in [0.1, 0.15) is 0 Å². The van der Waals surface area contributed by atoms with Gasteiger partial charge in [0.2, 0.25) is 0 Å². The zero-order valence-corrected chi connectivity index (χ0v) is 10.8. The molecule has 1 aliphatic carbocycles. The molecule has 0 spiro atoms. The van der Waals surface area contributed by atoms with Crippen LogP contribution in [-0.4, -0.2) is 0 Å². The van der Waals surface area contributed by atoms with Crippen molar-refractivity contribution >= 4 is 0 Å². The molecule has 0 saturated heterocycles. The first-order chi connectivity index (χ1) is 7.61. The summed E-state index contributed by atoms with van der Waals surface area (Å²) in [5.74, 6) is 1.04. The van der Waals surface area contributed by atoms with E-state index in [1.54, 1.807) is 0 Å². The molecule has 0 fully saturated rings. The minimum atomic E-state index is 0.485. The second-order valence-corrected chi connectivity index (χ2v) is 4.47. The van der Waals surface area contributed by atoms with E-state index in [9.17, 15) is 0 Å². The minimum absolute atomic E-state index is 0.485. The van der Waals surface area contributed by atoms with Crippen molar-refractivity contribution in [1.82, 2.24) is 0 Å². The van der Waals surface area contributed by atoms with E-state index in [-0.39, 0.29) is 0 Å². The molecule has 0 heterocycles. The number of allylic oxidation sites excluding steroid dienone is 9. The van der Waals surface area contributed by atoms with E-state index in [0.717, 1.165) is 0 Å². The van der Waals surface area contributed by atoms with Crippen molar-refractivity contribution in [1.29, 1.82) is 0 Å². The van der Waals surface area contributed by atoms with Crippen molar-refractivity contribution in [2.24, 2.45) is 11.8 Å². The van der Waals surface area contributed by atoms with Crippen LogP contribution in [0.4, 0.5) is 0 Å². The lowest BCUT2D eigenvalue weighted by molar-refractivity contribution is 0.554. The summed E-state index contributed by atoms with van der Waals surface area (Å²) in [6.45, 7) is 12.7. The SMILES string of the molecule is C=C/C(=C(C)\C=C/C)C1C(C)=CC=CC1C. The Kier molecular flexibility index (Phi) is 4.54. The molecule has 0 aromatic rings. The van der Waals surface area contributed by atoms with Gasteiger partial charge in [0, 0.05) is 5.92 Å². The van der Waals surface area contributed by atoms with Crippen LogP contribution in [0.25, 0.3) is 0 Å². The first-order valence-electron chi connectivity index (χ1n) is 5.92. The molecule has 0 bridgehead atoms. The second-order valence-electron chi connectivity index (χ2n) is 4.47. The van der Waals surface area contributed by atoms with Gasteiger partial charge in [-0.2, -0.15) is 0 Å². The third kappa shape index (κ3) is 2.63. The van der Waals surface area contributed by atoms with Crippen molar-refractivity contribution in [3.63, 3.8) is 0 Å². The molecule has 0 aromatic carbocycles. The molecule has 0 N–H and O–H groups in total. The zero-order valence-electron chi connectivity index (χ0n) is 10.8. The van der Waals surface area contributed by atoms with E-state index < -0.39 is 0 Å². The topological polar surface area (TPSA) is 0 Å². The Morgan fingerprint density at radius 2 is 2.12 bits per heavy atom. The van der Waals surface area contributed by atoms with E-state index in [4.69, 9.17) is 0 Å². The maximum Gasteiger partial charge on any atom is 0.0111 e. The predicted octanol–water partition coefficient (Wildman–Crippen LogP) is 4.83. The molecule has 1 rings (SSSR count). The maximum atomic E-state index is 3.97. The molecule has 0 saturated carbocycles. The van der Waals surface area contributed by atoms with E-state index in [0.29, 0.717) is 11.8 Å². The lowest BCUT2D eigenvalue weighted by Gasteiger charge is -2.27. The Labute approximate surface area is 99.8 Å². The van der Waals surface area contributed by atoms with Crippen LogP contribution in [-0.2, 0) is 0 Å². The summed E-state index contributed by atoms with van der Waals surface area (Å²) in [4.78, 5) is 0. The van der Waals surface area contributed by atoms with Gasteiger partial charge in [-0.05, 0) is 37.8 Å². The zero-order chi connectivity index (χ0) is 12.1. The van der Waals surface area contributed by atoms with Gasteiger partial charge in [-0.15, -0.1) is 0 Å². The van der Waals surface area contributed by atoms with E-state index in [1.807, 2.05) is 6.08 Å².